The fraction of sp³-hybridized carbons (Fsp3) is 0.400. The van der Waals surface area contributed by atoms with E-state index < -0.39 is 14.9 Å². The molecule has 2 aromatic rings. The van der Waals surface area contributed by atoms with Crippen LogP contribution < -0.4 is 14.8 Å². The highest BCUT2D eigenvalue weighted by Crippen LogP contribution is 2.32. The number of hydrogen-bond acceptors (Lipinski definition) is 7. The molecule has 0 spiro atoms. The van der Waals surface area contributed by atoms with Gasteiger partial charge in [-0.05, 0) is 37.1 Å². The lowest BCUT2D eigenvalue weighted by Crippen LogP contribution is -2.36. The normalized spacial score (nSPS) is 19.3. The van der Waals surface area contributed by atoms with Crippen molar-refractivity contribution < 1.29 is 22.8 Å². The Kier molecular flexibility index (Phi) is 5.78. The summed E-state index contributed by atoms with van der Waals surface area (Å²) >= 11 is 0. The first-order valence-corrected chi connectivity index (χ1v) is 11.3. The summed E-state index contributed by atoms with van der Waals surface area (Å²) in [5, 5.41) is 14.6. The molecule has 0 bridgehead atoms. The van der Waals surface area contributed by atoms with Crippen molar-refractivity contribution in [2.75, 3.05) is 31.6 Å². The molecular weight excluding hydrogens is 410 g/mol. The quantitative estimate of drug-likeness (QED) is 0.551. The molecule has 10 heteroatoms. The van der Waals surface area contributed by atoms with Crippen molar-refractivity contribution in [1.82, 2.24) is 4.31 Å². The minimum absolute atomic E-state index is 0.0622. The summed E-state index contributed by atoms with van der Waals surface area (Å²) in [6.07, 6.45) is 2.25. The number of para-hydroxylation sites is 2. The molecule has 0 aromatic heterocycles. The fourth-order valence-electron chi connectivity index (χ4n) is 3.61. The summed E-state index contributed by atoms with van der Waals surface area (Å²) in [4.78, 5) is 11.0. The van der Waals surface area contributed by atoms with Crippen LogP contribution in [0.4, 0.5) is 11.4 Å². The van der Waals surface area contributed by atoms with Gasteiger partial charge in [0.25, 0.3) is 5.69 Å². The Bertz CT molecular complexity index is 1040. The summed E-state index contributed by atoms with van der Waals surface area (Å²) in [5.74, 6) is 1.28. The molecule has 1 atom stereocenters. The van der Waals surface area contributed by atoms with Crippen LogP contribution in [0.5, 0.6) is 11.5 Å². The molecule has 2 aliphatic rings. The zero-order valence-electron chi connectivity index (χ0n) is 16.3. The van der Waals surface area contributed by atoms with Gasteiger partial charge in [-0.1, -0.05) is 18.6 Å². The second kappa shape index (κ2) is 8.49. The maximum Gasteiger partial charge on any atom is 0.293 e. The number of hydrogen-bond donors (Lipinski definition) is 1. The predicted molar refractivity (Wildman–Crippen MR) is 111 cm³/mol. The van der Waals surface area contributed by atoms with E-state index in [0.717, 1.165) is 25.3 Å². The number of rotatable bonds is 6. The Hall–Kier alpha value is -2.85. The van der Waals surface area contributed by atoms with E-state index in [-0.39, 0.29) is 28.9 Å². The number of benzene rings is 2. The van der Waals surface area contributed by atoms with Crippen LogP contribution in [0.3, 0.4) is 0 Å². The van der Waals surface area contributed by atoms with Gasteiger partial charge in [-0.3, -0.25) is 10.1 Å². The largest absolute Gasteiger partial charge is 0.486 e. The highest BCUT2D eigenvalue weighted by molar-refractivity contribution is 7.89. The average molecular weight is 433 g/mol. The standard InChI is InChI=1S/C20H23N3O6S/c24-23(25)18-12-16(30(26,27)22-10-4-1-5-11-22)8-9-17(18)21-13-15-14-28-19-6-2-3-7-20(19)29-15/h2-3,6-9,12,15,21H,1,4-5,10-11,13-14H2/t15-/m1/s1. The molecule has 1 fully saturated rings. The van der Waals surface area contributed by atoms with Gasteiger partial charge in [0.15, 0.2) is 11.5 Å². The maximum absolute atomic E-state index is 12.8. The van der Waals surface area contributed by atoms with Crippen LogP contribution >= 0.6 is 0 Å². The second-order valence-electron chi connectivity index (χ2n) is 7.28. The molecule has 1 saturated heterocycles. The Balaban J connectivity index is 1.49. The van der Waals surface area contributed by atoms with Gasteiger partial charge in [0.2, 0.25) is 10.0 Å². The lowest BCUT2D eigenvalue weighted by molar-refractivity contribution is -0.384. The molecule has 9 nitrogen and oxygen atoms in total. The summed E-state index contributed by atoms with van der Waals surface area (Å²) in [6, 6.07) is 11.3. The van der Waals surface area contributed by atoms with Gasteiger partial charge in [0.05, 0.1) is 16.4 Å². The number of sulfonamides is 1. The Morgan fingerprint density at radius 2 is 1.83 bits per heavy atom. The molecule has 4 rings (SSSR count). The number of nitrogens with one attached hydrogen (secondary N) is 1. The van der Waals surface area contributed by atoms with E-state index >= 15 is 0 Å². The van der Waals surface area contributed by atoms with Crippen LogP contribution in [0.25, 0.3) is 0 Å². The zero-order chi connectivity index (χ0) is 21.1. The van der Waals surface area contributed by atoms with Gasteiger partial charge in [-0.2, -0.15) is 4.31 Å². The molecule has 0 aliphatic carbocycles. The molecule has 0 saturated carbocycles. The fourth-order valence-corrected chi connectivity index (χ4v) is 5.15. The van der Waals surface area contributed by atoms with E-state index in [1.165, 1.54) is 16.4 Å². The van der Waals surface area contributed by atoms with Crippen molar-refractivity contribution in [3.8, 4) is 11.5 Å². The van der Waals surface area contributed by atoms with E-state index in [0.29, 0.717) is 31.2 Å². The highest BCUT2D eigenvalue weighted by atomic mass is 32.2. The van der Waals surface area contributed by atoms with Gasteiger partial charge in [-0.15, -0.1) is 0 Å². The van der Waals surface area contributed by atoms with Crippen LogP contribution in [0.15, 0.2) is 47.4 Å². The minimum atomic E-state index is -3.75. The summed E-state index contributed by atoms with van der Waals surface area (Å²) in [6.45, 7) is 1.46. The third kappa shape index (κ3) is 4.19. The Morgan fingerprint density at radius 1 is 1.10 bits per heavy atom. The molecule has 0 amide bonds. The topological polar surface area (TPSA) is 111 Å². The number of piperidine rings is 1. The van der Waals surface area contributed by atoms with Gasteiger partial charge in [-0.25, -0.2) is 8.42 Å². The first-order valence-electron chi connectivity index (χ1n) is 9.86. The van der Waals surface area contributed by atoms with Crippen LogP contribution in [-0.4, -0.2) is 50.0 Å². The Labute approximate surface area is 174 Å². The van der Waals surface area contributed by atoms with E-state index in [2.05, 4.69) is 5.32 Å². The highest BCUT2D eigenvalue weighted by Gasteiger charge is 2.29. The lowest BCUT2D eigenvalue weighted by Gasteiger charge is -2.27. The smallest absolute Gasteiger partial charge is 0.293 e. The lowest BCUT2D eigenvalue weighted by atomic mass is 10.2. The summed E-state index contributed by atoms with van der Waals surface area (Å²) < 4.78 is 38.6. The van der Waals surface area contributed by atoms with Gasteiger partial charge in [0.1, 0.15) is 18.4 Å². The third-order valence-electron chi connectivity index (χ3n) is 5.21. The van der Waals surface area contributed by atoms with Crippen molar-refractivity contribution in [3.05, 3.63) is 52.6 Å². The molecule has 2 aliphatic heterocycles. The van der Waals surface area contributed by atoms with Gasteiger partial charge in [0, 0.05) is 19.2 Å². The van der Waals surface area contributed by atoms with Crippen molar-refractivity contribution in [1.29, 1.82) is 0 Å². The number of nitro groups is 1. The second-order valence-corrected chi connectivity index (χ2v) is 9.22. The van der Waals surface area contributed by atoms with E-state index in [1.807, 2.05) is 18.2 Å². The van der Waals surface area contributed by atoms with E-state index in [1.54, 1.807) is 6.07 Å². The molecule has 0 radical (unpaired) electrons. The first kappa shape index (κ1) is 20.4. The van der Waals surface area contributed by atoms with Gasteiger partial charge >= 0.3 is 0 Å². The molecular formula is C20H23N3O6S. The van der Waals surface area contributed by atoms with E-state index in [4.69, 9.17) is 9.47 Å². The summed E-state index contributed by atoms with van der Waals surface area (Å²) in [7, 11) is -3.75. The molecule has 0 unspecified atom stereocenters. The zero-order valence-corrected chi connectivity index (χ0v) is 17.1. The average Bonchev–Trinajstić information content (AvgIpc) is 2.78. The van der Waals surface area contributed by atoms with Crippen molar-refractivity contribution in [2.45, 2.75) is 30.3 Å². The van der Waals surface area contributed by atoms with Crippen molar-refractivity contribution in [3.63, 3.8) is 0 Å². The molecule has 2 aromatic carbocycles. The first-order chi connectivity index (χ1) is 14.4. The van der Waals surface area contributed by atoms with Crippen LogP contribution in [0, 0.1) is 10.1 Å². The molecule has 1 N–H and O–H groups in total. The molecule has 30 heavy (non-hydrogen) atoms. The minimum Gasteiger partial charge on any atom is -0.486 e. The van der Waals surface area contributed by atoms with Crippen LogP contribution in [-0.2, 0) is 10.0 Å². The molecule has 2 heterocycles. The molecule has 160 valence electrons. The van der Waals surface area contributed by atoms with Crippen LogP contribution in [0.1, 0.15) is 19.3 Å². The van der Waals surface area contributed by atoms with Crippen molar-refractivity contribution >= 4 is 21.4 Å². The number of fused-ring (bicyclic) bond motifs is 1. The van der Waals surface area contributed by atoms with E-state index in [9.17, 15) is 18.5 Å². The SMILES string of the molecule is O=[N+]([O-])c1cc(S(=O)(=O)N2CCCCC2)ccc1NC[C@@H]1COc2ccccc2O1. The summed E-state index contributed by atoms with van der Waals surface area (Å²) in [5.41, 5.74) is -0.0507. The Morgan fingerprint density at radius 3 is 2.57 bits per heavy atom. The number of ether oxygens (including phenoxy) is 2. The number of nitrogens with zero attached hydrogens (tertiary/aromatic N) is 2. The van der Waals surface area contributed by atoms with Crippen molar-refractivity contribution in [2.24, 2.45) is 0 Å². The third-order valence-corrected chi connectivity index (χ3v) is 7.10. The van der Waals surface area contributed by atoms with Crippen LogP contribution in [0.2, 0.25) is 0 Å². The monoisotopic (exact) mass is 433 g/mol. The maximum atomic E-state index is 12.8. The van der Waals surface area contributed by atoms with Gasteiger partial charge < -0.3 is 14.8 Å². The predicted octanol–water partition coefficient (Wildman–Crippen LogP) is 3.02. The number of nitro benzene ring substituents is 1. The number of anilines is 1.